The van der Waals surface area contributed by atoms with Crippen LogP contribution in [0, 0.1) is 29.6 Å². The van der Waals surface area contributed by atoms with Gasteiger partial charge in [-0.3, -0.25) is 0 Å². The van der Waals surface area contributed by atoms with Crippen LogP contribution < -0.4 is 14.5 Å². The average Bonchev–Trinajstić information content (AvgIpc) is 3.78. The Balaban J connectivity index is 0.00000436. The van der Waals surface area contributed by atoms with Crippen molar-refractivity contribution in [2.24, 2.45) is 10.8 Å². The number of para-hydroxylation sites is 4. The molecule has 0 atom stereocenters. The van der Waals surface area contributed by atoms with Crippen molar-refractivity contribution in [3.05, 3.63) is 188 Å². The summed E-state index contributed by atoms with van der Waals surface area (Å²) in [6, 6.07) is 60.6. The van der Waals surface area contributed by atoms with E-state index < -0.39 is 0 Å². The van der Waals surface area contributed by atoms with Crippen molar-refractivity contribution in [1.82, 2.24) is 9.55 Å². The predicted molar refractivity (Wildman–Crippen MR) is 233 cm³/mol. The van der Waals surface area contributed by atoms with E-state index in [1.807, 2.05) is 30.5 Å². The maximum Gasteiger partial charge on any atom is 0.135 e. The topological polar surface area (TPSA) is 33.5 Å². The summed E-state index contributed by atoms with van der Waals surface area (Å²) in [7, 11) is 0. The molecule has 1 saturated carbocycles. The van der Waals surface area contributed by atoms with E-state index in [1.54, 1.807) is 0 Å². The third-order valence-corrected chi connectivity index (χ3v) is 12.7. The molecule has 0 saturated heterocycles. The summed E-state index contributed by atoms with van der Waals surface area (Å²) in [5.41, 5.74) is 8.61. The number of benzene rings is 6. The molecule has 6 aromatic carbocycles. The number of hydrogen-bond donors (Lipinski definition) is 0. The molecule has 6 heteroatoms. The Morgan fingerprint density at radius 2 is 1.26 bits per heavy atom. The Hall–Kier alpha value is -5.64. The van der Waals surface area contributed by atoms with E-state index in [9.17, 15) is 0 Å². The number of hydrogen-bond acceptors (Lipinski definition) is 4. The summed E-state index contributed by atoms with van der Waals surface area (Å²) in [6.07, 6.45) is 5.52. The van der Waals surface area contributed by atoms with Crippen LogP contribution in [0.4, 0.5) is 22.7 Å². The summed E-state index contributed by atoms with van der Waals surface area (Å²) in [5, 5.41) is 2.25. The van der Waals surface area contributed by atoms with Gasteiger partial charge in [0.2, 0.25) is 0 Å². The van der Waals surface area contributed by atoms with Crippen LogP contribution in [0.3, 0.4) is 0 Å². The van der Waals surface area contributed by atoms with Gasteiger partial charge in [-0.1, -0.05) is 118 Å². The molecule has 8 aromatic rings. The van der Waals surface area contributed by atoms with Crippen LogP contribution in [0.25, 0.3) is 27.6 Å². The first kappa shape index (κ1) is 37.9. The quantitative estimate of drug-likeness (QED) is 0.149. The van der Waals surface area contributed by atoms with E-state index in [1.165, 1.54) is 17.5 Å². The predicted octanol–water partition coefficient (Wildman–Crippen LogP) is 13.5. The fraction of sp³-hybridized carbons (Fsp3) is 0.192. The summed E-state index contributed by atoms with van der Waals surface area (Å²) < 4.78 is 8.88. The molecule has 1 aliphatic carbocycles. The molecule has 0 radical (unpaired) electrons. The number of pyridine rings is 1. The zero-order valence-corrected chi connectivity index (χ0v) is 35.5. The average molecular weight is 937 g/mol. The maximum atomic E-state index is 6.62. The molecule has 0 spiro atoms. The summed E-state index contributed by atoms with van der Waals surface area (Å²) in [5.74, 6) is 2.10. The molecule has 10 rings (SSSR count). The molecular formula is C52H45N4OPt-3. The normalized spacial score (nSPS) is 16.6. The Kier molecular flexibility index (Phi) is 9.56. The molecule has 1 fully saturated rings. The Bertz CT molecular complexity index is 2740. The Labute approximate surface area is 356 Å². The van der Waals surface area contributed by atoms with Gasteiger partial charge in [0.1, 0.15) is 5.82 Å². The molecule has 3 heterocycles. The largest absolute Gasteiger partial charge is 0.509 e. The number of anilines is 4. The van der Waals surface area contributed by atoms with Crippen molar-refractivity contribution in [3.63, 3.8) is 0 Å². The van der Waals surface area contributed by atoms with Gasteiger partial charge in [-0.25, -0.2) is 4.98 Å². The van der Waals surface area contributed by atoms with Gasteiger partial charge < -0.3 is 19.1 Å². The van der Waals surface area contributed by atoms with Gasteiger partial charge in [0.25, 0.3) is 0 Å². The summed E-state index contributed by atoms with van der Waals surface area (Å²) in [4.78, 5) is 9.47. The van der Waals surface area contributed by atoms with Crippen LogP contribution in [0.5, 0.6) is 11.5 Å². The maximum absolute atomic E-state index is 6.62. The van der Waals surface area contributed by atoms with Crippen LogP contribution >= 0.6 is 0 Å². The SMILES string of the molecule is CC1(C)CCCC(C)(C)C1(c1ccccc1)c1ccnc(-n2c3[c-]c(Oc4[c-]c(N5[CH-]N(c6ccccc6)c6ccccc65)ccc4)ccc3c3ccccc32)c1.[Pt]. The van der Waals surface area contributed by atoms with Crippen LogP contribution in [-0.2, 0) is 26.5 Å². The molecule has 2 aromatic heterocycles. The minimum Gasteiger partial charge on any atom is -0.509 e. The van der Waals surface area contributed by atoms with Crippen molar-refractivity contribution in [2.45, 2.75) is 52.4 Å². The van der Waals surface area contributed by atoms with Gasteiger partial charge >= 0.3 is 0 Å². The van der Waals surface area contributed by atoms with E-state index in [0.29, 0.717) is 11.5 Å². The van der Waals surface area contributed by atoms with Gasteiger partial charge in [-0.05, 0) is 82.6 Å². The van der Waals surface area contributed by atoms with E-state index in [-0.39, 0.29) is 37.3 Å². The molecular weight excluding hydrogens is 892 g/mol. The number of fused-ring (bicyclic) bond motifs is 4. The number of aromatic nitrogens is 2. The van der Waals surface area contributed by atoms with Crippen LogP contribution in [0.15, 0.2) is 158 Å². The van der Waals surface area contributed by atoms with Crippen LogP contribution in [0.1, 0.15) is 58.1 Å². The molecule has 1 aliphatic heterocycles. The first-order valence-electron chi connectivity index (χ1n) is 20.0. The van der Waals surface area contributed by atoms with Crippen molar-refractivity contribution in [2.75, 3.05) is 9.80 Å². The number of rotatable bonds is 7. The standard InChI is InChI=1S/C52H45N4O.Pt/c1-50(2)30-16-31-51(3,4)52(50,37-17-7-5-8-18-37)38-29-32-53-49(33-38)56-45-24-12-11-23-43(45)44-28-27-42(35-48(44)56)57-41-22-15-21-40(34-41)55-36-54(39-19-9-6-10-20-39)46-25-13-14-26-47(46)55;/h5-15,17-29,32-33,36H,16,30-31H2,1-4H3;/q-3;. The van der Waals surface area contributed by atoms with E-state index in [0.717, 1.165) is 63.2 Å². The second-order valence-electron chi connectivity index (χ2n) is 16.8. The van der Waals surface area contributed by atoms with Crippen LogP contribution in [0.2, 0.25) is 0 Å². The molecule has 0 N–H and O–H groups in total. The molecule has 2 aliphatic rings. The molecule has 5 nitrogen and oxygen atoms in total. The van der Waals surface area contributed by atoms with Gasteiger partial charge in [-0.15, -0.1) is 48.1 Å². The van der Waals surface area contributed by atoms with Crippen molar-refractivity contribution in [1.29, 1.82) is 0 Å². The van der Waals surface area contributed by atoms with Crippen molar-refractivity contribution >= 4 is 44.6 Å². The summed E-state index contributed by atoms with van der Waals surface area (Å²) >= 11 is 0. The van der Waals surface area contributed by atoms with E-state index >= 15 is 0 Å². The Morgan fingerprint density at radius 1 is 0.603 bits per heavy atom. The van der Waals surface area contributed by atoms with E-state index in [4.69, 9.17) is 9.72 Å². The first-order valence-corrected chi connectivity index (χ1v) is 20.0. The van der Waals surface area contributed by atoms with Gasteiger partial charge in [-0.2, -0.15) is 12.1 Å². The monoisotopic (exact) mass is 936 g/mol. The zero-order chi connectivity index (χ0) is 38.8. The van der Waals surface area contributed by atoms with Crippen molar-refractivity contribution in [3.8, 4) is 17.3 Å². The molecule has 0 bridgehead atoms. The second-order valence-corrected chi connectivity index (χ2v) is 16.8. The van der Waals surface area contributed by atoms with Gasteiger partial charge in [0, 0.05) is 66.8 Å². The minimum atomic E-state index is -0.236. The van der Waals surface area contributed by atoms with Crippen molar-refractivity contribution < 1.29 is 25.8 Å². The number of ether oxygens (including phenoxy) is 1. The third-order valence-electron chi connectivity index (χ3n) is 12.7. The smallest absolute Gasteiger partial charge is 0.135 e. The third kappa shape index (κ3) is 5.97. The molecule has 0 amide bonds. The first-order chi connectivity index (χ1) is 27.7. The summed E-state index contributed by atoms with van der Waals surface area (Å²) in [6.45, 7) is 12.0. The second kappa shape index (κ2) is 14.6. The molecule has 292 valence electrons. The molecule has 0 unspecified atom stereocenters. The van der Waals surface area contributed by atoms with Gasteiger partial charge in [0.15, 0.2) is 0 Å². The van der Waals surface area contributed by atoms with E-state index in [2.05, 4.69) is 188 Å². The van der Waals surface area contributed by atoms with Gasteiger partial charge in [0.05, 0.1) is 0 Å². The number of nitrogens with zero attached hydrogens (tertiary/aromatic N) is 4. The van der Waals surface area contributed by atoms with Crippen LogP contribution in [-0.4, -0.2) is 9.55 Å². The zero-order valence-electron chi connectivity index (χ0n) is 33.2. The fourth-order valence-electron chi connectivity index (χ4n) is 10.5. The minimum absolute atomic E-state index is 0. The fourth-order valence-corrected chi connectivity index (χ4v) is 10.5. The molecule has 58 heavy (non-hydrogen) atoms. The Morgan fingerprint density at radius 3 is 2.02 bits per heavy atom.